The minimum atomic E-state index is -1.07. The monoisotopic (exact) mass is 86.0 g/mol. The Morgan fingerprint density at radius 3 is 2.50 bits per heavy atom. The van der Waals surface area contributed by atoms with Crippen molar-refractivity contribution in [3.05, 3.63) is 0 Å². The lowest BCUT2D eigenvalue weighted by Crippen LogP contribution is -2.08. The molecule has 4 heteroatoms. The molecular formula is C2H2N2O2. The number of primary amides is 1. The average molecular weight is 86.1 g/mol. The average Bonchev–Trinajstić information content (AvgIpc) is 1.35. The zero-order valence-corrected chi connectivity index (χ0v) is 2.84. The van der Waals surface area contributed by atoms with E-state index in [1.165, 1.54) is 0 Å². The summed E-state index contributed by atoms with van der Waals surface area (Å²) in [6.45, 7) is 0. The first-order chi connectivity index (χ1) is 2.77. The fraction of sp³-hybridized carbons (Fsp3) is 0. The van der Waals surface area contributed by atoms with E-state index in [1.54, 1.807) is 0 Å². The predicted molar refractivity (Wildman–Crippen MR) is 16.3 cm³/mol. The zero-order valence-electron chi connectivity index (χ0n) is 2.84. The molecule has 0 saturated heterocycles. The van der Waals surface area contributed by atoms with Gasteiger partial charge < -0.3 is 10.5 Å². The minimum absolute atomic E-state index is 1.07. The first-order valence-corrected chi connectivity index (χ1v) is 1.12. The van der Waals surface area contributed by atoms with Crippen LogP contribution >= 0.6 is 0 Å². The van der Waals surface area contributed by atoms with Crippen molar-refractivity contribution in [2.75, 3.05) is 0 Å². The van der Waals surface area contributed by atoms with E-state index in [9.17, 15) is 4.79 Å². The van der Waals surface area contributed by atoms with E-state index in [-0.39, 0.29) is 0 Å². The number of carbonyl (C=O) groups excluding carboxylic acids is 1. The Balaban J connectivity index is 3.13. The number of nitrogens with two attached hydrogens (primary N) is 1. The van der Waals surface area contributed by atoms with Gasteiger partial charge in [0, 0.05) is 0 Å². The Bertz CT molecular complexity index is 92.2. The molecule has 0 bridgehead atoms. The fourth-order valence-electron chi connectivity index (χ4n) is 0.0450. The molecule has 0 aliphatic rings. The highest BCUT2D eigenvalue weighted by molar-refractivity contribution is 5.65. The van der Waals surface area contributed by atoms with Crippen LogP contribution in [0.15, 0.2) is 0 Å². The van der Waals surface area contributed by atoms with Crippen LogP contribution in [0.25, 0.3) is 0 Å². The quantitative estimate of drug-likeness (QED) is 0.406. The van der Waals surface area contributed by atoms with Gasteiger partial charge in [-0.2, -0.15) is 0 Å². The zero-order chi connectivity index (χ0) is 4.99. The van der Waals surface area contributed by atoms with Crippen LogP contribution in [0.1, 0.15) is 0 Å². The third-order valence-corrected chi connectivity index (χ3v) is 0.146. The molecule has 0 aromatic rings. The third-order valence-electron chi connectivity index (χ3n) is 0.146. The topological polar surface area (TPSA) is 76.1 Å². The normalized spacial score (nSPS) is 5.83. The molecule has 6 heavy (non-hydrogen) atoms. The molecule has 0 rings (SSSR count). The number of hydrogen-bond acceptors (Lipinski definition) is 3. The summed E-state index contributed by atoms with van der Waals surface area (Å²) in [5, 5.41) is 7.46. The maximum atomic E-state index is 9.38. The number of nitriles is 1. The van der Waals surface area contributed by atoms with Gasteiger partial charge >= 0.3 is 6.09 Å². The molecule has 0 aromatic heterocycles. The lowest BCUT2D eigenvalue weighted by Gasteiger charge is -1.75. The Hall–Kier alpha value is -1.24. The second-order valence-electron chi connectivity index (χ2n) is 0.512. The van der Waals surface area contributed by atoms with Crippen LogP contribution in [0.5, 0.6) is 0 Å². The summed E-state index contributed by atoms with van der Waals surface area (Å²) in [5.41, 5.74) is 4.32. The highest BCUT2D eigenvalue weighted by Gasteiger charge is 1.83. The lowest BCUT2D eigenvalue weighted by atomic mass is 11.2. The van der Waals surface area contributed by atoms with Crippen molar-refractivity contribution >= 4 is 6.09 Å². The van der Waals surface area contributed by atoms with E-state index in [4.69, 9.17) is 5.26 Å². The second-order valence-corrected chi connectivity index (χ2v) is 0.512. The first kappa shape index (κ1) is 4.76. The summed E-state index contributed by atoms with van der Waals surface area (Å²) in [5.74, 6) is 0. The summed E-state index contributed by atoms with van der Waals surface area (Å²) in [7, 11) is 0. The summed E-state index contributed by atoms with van der Waals surface area (Å²) in [4.78, 5) is 9.38. The highest BCUT2D eigenvalue weighted by Crippen LogP contribution is 1.60. The molecule has 32 valence electrons. The van der Waals surface area contributed by atoms with Crippen molar-refractivity contribution in [1.29, 1.82) is 5.26 Å². The second kappa shape index (κ2) is 2.03. The number of amides is 1. The molecular weight excluding hydrogens is 84.0 g/mol. The summed E-state index contributed by atoms with van der Waals surface area (Å²) < 4.78 is 3.49. The van der Waals surface area contributed by atoms with E-state index < -0.39 is 6.09 Å². The lowest BCUT2D eigenvalue weighted by molar-refractivity contribution is 0.201. The maximum Gasteiger partial charge on any atom is 0.420 e. The van der Waals surface area contributed by atoms with Crippen LogP contribution in [0.3, 0.4) is 0 Å². The molecule has 0 unspecified atom stereocenters. The van der Waals surface area contributed by atoms with Gasteiger partial charge in [-0.25, -0.2) is 4.79 Å². The molecule has 0 atom stereocenters. The number of hydrogen-bond donors (Lipinski definition) is 1. The number of nitrogens with zero attached hydrogens (tertiary/aromatic N) is 1. The molecule has 0 radical (unpaired) electrons. The fourth-order valence-corrected chi connectivity index (χ4v) is 0.0450. The van der Waals surface area contributed by atoms with Crippen LogP contribution in [-0.4, -0.2) is 6.09 Å². The molecule has 0 heterocycles. The van der Waals surface area contributed by atoms with E-state index in [2.05, 4.69) is 10.5 Å². The third kappa shape index (κ3) is 2.76. The van der Waals surface area contributed by atoms with E-state index in [0.717, 1.165) is 6.26 Å². The Kier molecular flexibility index (Phi) is 1.61. The molecule has 0 aromatic carbocycles. The maximum absolute atomic E-state index is 9.38. The van der Waals surface area contributed by atoms with Crippen molar-refractivity contribution < 1.29 is 9.53 Å². The molecule has 0 fully saturated rings. The van der Waals surface area contributed by atoms with Gasteiger partial charge in [0.25, 0.3) is 6.26 Å². The van der Waals surface area contributed by atoms with Gasteiger partial charge in [-0.05, 0) is 0 Å². The van der Waals surface area contributed by atoms with Crippen molar-refractivity contribution in [2.24, 2.45) is 5.73 Å². The van der Waals surface area contributed by atoms with Gasteiger partial charge in [0.1, 0.15) is 0 Å². The van der Waals surface area contributed by atoms with Crippen molar-refractivity contribution in [2.45, 2.75) is 0 Å². The van der Waals surface area contributed by atoms with Crippen LogP contribution in [0.2, 0.25) is 0 Å². The van der Waals surface area contributed by atoms with Gasteiger partial charge in [0.15, 0.2) is 0 Å². The Labute approximate surface area is 34.1 Å². The molecule has 2 N–H and O–H groups in total. The summed E-state index contributed by atoms with van der Waals surface area (Å²) in [6, 6.07) is 0. The number of carbonyl (C=O) groups is 1. The minimum Gasteiger partial charge on any atom is -0.334 e. The standard InChI is InChI=1S/C2H2N2O2/c3-1-6-2(4)5/h(H2,4,5). The van der Waals surface area contributed by atoms with Crippen LogP contribution in [0.4, 0.5) is 4.79 Å². The van der Waals surface area contributed by atoms with Crippen molar-refractivity contribution in [1.82, 2.24) is 0 Å². The highest BCUT2D eigenvalue weighted by atomic mass is 16.5. The van der Waals surface area contributed by atoms with E-state index >= 15 is 0 Å². The largest absolute Gasteiger partial charge is 0.420 e. The molecule has 4 nitrogen and oxygen atoms in total. The molecule has 0 saturated carbocycles. The van der Waals surface area contributed by atoms with Gasteiger partial charge in [0.2, 0.25) is 0 Å². The smallest absolute Gasteiger partial charge is 0.334 e. The Morgan fingerprint density at radius 1 is 2.00 bits per heavy atom. The van der Waals surface area contributed by atoms with Crippen LogP contribution in [-0.2, 0) is 4.74 Å². The van der Waals surface area contributed by atoms with Crippen LogP contribution < -0.4 is 5.73 Å². The number of ether oxygens (including phenoxy) is 1. The van der Waals surface area contributed by atoms with E-state index in [0.29, 0.717) is 0 Å². The predicted octanol–water partition coefficient (Wildman–Crippen LogP) is -0.437. The Morgan fingerprint density at radius 2 is 2.50 bits per heavy atom. The van der Waals surface area contributed by atoms with Crippen LogP contribution in [0, 0.1) is 11.5 Å². The van der Waals surface area contributed by atoms with Crippen molar-refractivity contribution in [3.63, 3.8) is 0 Å². The van der Waals surface area contributed by atoms with E-state index in [1.807, 2.05) is 0 Å². The molecule has 0 spiro atoms. The molecule has 0 aliphatic heterocycles. The van der Waals surface area contributed by atoms with Crippen molar-refractivity contribution in [3.8, 4) is 6.26 Å². The van der Waals surface area contributed by atoms with Gasteiger partial charge in [-0.1, -0.05) is 0 Å². The van der Waals surface area contributed by atoms with Gasteiger partial charge in [0.05, 0.1) is 0 Å². The summed E-state index contributed by atoms with van der Waals surface area (Å²) in [6.07, 6.45) is 0.0208. The SMILES string of the molecule is N#COC(N)=O. The van der Waals surface area contributed by atoms with Gasteiger partial charge in [-0.15, -0.1) is 5.26 Å². The summed E-state index contributed by atoms with van der Waals surface area (Å²) >= 11 is 0. The van der Waals surface area contributed by atoms with Gasteiger partial charge in [-0.3, -0.25) is 0 Å². The number of rotatable bonds is 0. The molecule has 0 aliphatic carbocycles. The first-order valence-electron chi connectivity index (χ1n) is 1.12. The molecule has 1 amide bonds.